The zero-order valence-corrected chi connectivity index (χ0v) is 14.8. The summed E-state index contributed by atoms with van der Waals surface area (Å²) in [5, 5.41) is 9.33. The molecule has 5 heteroatoms. The maximum absolute atomic E-state index is 11.8. The Morgan fingerprint density at radius 1 is 1.13 bits per heavy atom. The van der Waals surface area contributed by atoms with Crippen LogP contribution in [0.1, 0.15) is 39.7 Å². The maximum atomic E-state index is 11.8. The van der Waals surface area contributed by atoms with Crippen LogP contribution < -0.4 is 16.0 Å². The number of aliphatic imine (C=N–C) groups is 1. The van der Waals surface area contributed by atoms with Gasteiger partial charge in [0.05, 0.1) is 0 Å². The standard InChI is InChI=1S/C18H30N4O/c1-5-19-17(21-14-16(23)22-18(2,3)4)20-13-9-12-15-10-7-6-8-11-15/h6-8,10-11H,5,9,12-14H2,1-4H3,(H,22,23)(H2,19,20,21). The Labute approximate surface area is 140 Å². The topological polar surface area (TPSA) is 65.5 Å². The van der Waals surface area contributed by atoms with Crippen LogP contribution >= 0.6 is 0 Å². The van der Waals surface area contributed by atoms with Gasteiger partial charge < -0.3 is 16.0 Å². The van der Waals surface area contributed by atoms with Gasteiger partial charge in [-0.05, 0) is 46.1 Å². The smallest absolute Gasteiger partial charge is 0.242 e. The summed E-state index contributed by atoms with van der Waals surface area (Å²) in [6.07, 6.45) is 2.04. The van der Waals surface area contributed by atoms with E-state index in [4.69, 9.17) is 0 Å². The van der Waals surface area contributed by atoms with Crippen LogP contribution in [0.25, 0.3) is 0 Å². The molecule has 0 fully saturated rings. The molecule has 1 aromatic rings. The number of amides is 1. The van der Waals surface area contributed by atoms with Gasteiger partial charge in [-0.2, -0.15) is 0 Å². The third-order valence-corrected chi connectivity index (χ3v) is 3.02. The first-order valence-corrected chi connectivity index (χ1v) is 8.28. The van der Waals surface area contributed by atoms with Gasteiger partial charge >= 0.3 is 0 Å². The van der Waals surface area contributed by atoms with Gasteiger partial charge in [0.1, 0.15) is 6.54 Å². The molecule has 128 valence electrons. The van der Waals surface area contributed by atoms with Crippen molar-refractivity contribution in [1.82, 2.24) is 16.0 Å². The molecule has 0 unspecified atom stereocenters. The van der Waals surface area contributed by atoms with E-state index in [1.807, 2.05) is 33.8 Å². The van der Waals surface area contributed by atoms with Crippen molar-refractivity contribution in [2.45, 2.75) is 46.1 Å². The fourth-order valence-corrected chi connectivity index (χ4v) is 2.09. The lowest BCUT2D eigenvalue weighted by atomic mass is 10.1. The van der Waals surface area contributed by atoms with E-state index in [1.165, 1.54) is 5.56 Å². The minimum atomic E-state index is -0.228. The van der Waals surface area contributed by atoms with Crippen molar-refractivity contribution in [3.05, 3.63) is 35.9 Å². The largest absolute Gasteiger partial charge is 0.357 e. The lowest BCUT2D eigenvalue weighted by Gasteiger charge is -2.20. The summed E-state index contributed by atoms with van der Waals surface area (Å²) in [7, 11) is 0. The molecule has 0 atom stereocenters. The first kappa shape index (κ1) is 19.0. The van der Waals surface area contributed by atoms with Crippen LogP contribution in [0.15, 0.2) is 35.3 Å². The average Bonchev–Trinajstić information content (AvgIpc) is 2.48. The van der Waals surface area contributed by atoms with E-state index in [0.29, 0.717) is 5.96 Å². The van der Waals surface area contributed by atoms with Gasteiger partial charge in [0.15, 0.2) is 5.96 Å². The summed E-state index contributed by atoms with van der Waals surface area (Å²) >= 11 is 0. The van der Waals surface area contributed by atoms with Crippen molar-refractivity contribution in [1.29, 1.82) is 0 Å². The van der Waals surface area contributed by atoms with E-state index in [9.17, 15) is 4.79 Å². The van der Waals surface area contributed by atoms with Crippen LogP contribution in [0.3, 0.4) is 0 Å². The number of carbonyl (C=O) groups excluding carboxylic acids is 1. The molecule has 0 bridgehead atoms. The van der Waals surface area contributed by atoms with Crippen molar-refractivity contribution in [3.63, 3.8) is 0 Å². The van der Waals surface area contributed by atoms with Gasteiger partial charge in [0.25, 0.3) is 0 Å². The maximum Gasteiger partial charge on any atom is 0.242 e. The van der Waals surface area contributed by atoms with E-state index in [1.54, 1.807) is 0 Å². The van der Waals surface area contributed by atoms with Crippen LogP contribution in [0.4, 0.5) is 0 Å². The van der Waals surface area contributed by atoms with Crippen LogP contribution in [0.2, 0.25) is 0 Å². The Balaban J connectivity index is 2.36. The summed E-state index contributed by atoms with van der Waals surface area (Å²) in [5.41, 5.74) is 1.11. The highest BCUT2D eigenvalue weighted by molar-refractivity contribution is 5.85. The highest BCUT2D eigenvalue weighted by Gasteiger charge is 2.13. The second-order valence-electron chi connectivity index (χ2n) is 6.51. The summed E-state index contributed by atoms with van der Waals surface area (Å²) in [6, 6.07) is 10.4. The van der Waals surface area contributed by atoms with Gasteiger partial charge in [0, 0.05) is 18.6 Å². The number of hydrogen-bond acceptors (Lipinski definition) is 2. The number of nitrogens with zero attached hydrogens (tertiary/aromatic N) is 1. The Morgan fingerprint density at radius 2 is 1.83 bits per heavy atom. The van der Waals surface area contributed by atoms with Crippen LogP contribution in [-0.4, -0.2) is 37.0 Å². The Kier molecular flexibility index (Phi) is 8.16. The minimum absolute atomic E-state index is 0.0704. The Hall–Kier alpha value is -2.04. The van der Waals surface area contributed by atoms with Crippen molar-refractivity contribution in [2.24, 2.45) is 4.99 Å². The summed E-state index contributed by atoms with van der Waals surface area (Å²) in [5.74, 6) is 0.614. The van der Waals surface area contributed by atoms with E-state index in [-0.39, 0.29) is 18.0 Å². The van der Waals surface area contributed by atoms with Crippen molar-refractivity contribution >= 4 is 11.9 Å². The van der Waals surface area contributed by atoms with E-state index >= 15 is 0 Å². The monoisotopic (exact) mass is 318 g/mol. The second-order valence-corrected chi connectivity index (χ2v) is 6.51. The number of benzene rings is 1. The van der Waals surface area contributed by atoms with E-state index in [2.05, 4.69) is 45.2 Å². The molecular weight excluding hydrogens is 288 g/mol. The zero-order valence-electron chi connectivity index (χ0n) is 14.8. The number of guanidine groups is 1. The molecule has 0 heterocycles. The first-order chi connectivity index (χ1) is 10.9. The fraction of sp³-hybridized carbons (Fsp3) is 0.556. The van der Waals surface area contributed by atoms with Gasteiger partial charge in [0.2, 0.25) is 5.91 Å². The minimum Gasteiger partial charge on any atom is -0.357 e. The number of hydrogen-bond donors (Lipinski definition) is 3. The van der Waals surface area contributed by atoms with Crippen LogP contribution in [-0.2, 0) is 11.2 Å². The Morgan fingerprint density at radius 3 is 2.43 bits per heavy atom. The van der Waals surface area contributed by atoms with E-state index in [0.717, 1.165) is 25.9 Å². The fourth-order valence-electron chi connectivity index (χ4n) is 2.09. The molecule has 0 aromatic heterocycles. The van der Waals surface area contributed by atoms with Crippen molar-refractivity contribution < 1.29 is 4.79 Å². The molecule has 0 aliphatic carbocycles. The number of nitrogens with one attached hydrogen (secondary N) is 3. The second kappa shape index (κ2) is 9.87. The highest BCUT2D eigenvalue weighted by atomic mass is 16.2. The molecule has 0 radical (unpaired) electrons. The molecule has 23 heavy (non-hydrogen) atoms. The van der Waals surface area contributed by atoms with Gasteiger partial charge in [-0.1, -0.05) is 30.3 Å². The lowest BCUT2D eigenvalue weighted by Crippen LogP contribution is -2.43. The van der Waals surface area contributed by atoms with Gasteiger partial charge in [-0.25, -0.2) is 4.99 Å². The van der Waals surface area contributed by atoms with Crippen molar-refractivity contribution in [3.8, 4) is 0 Å². The normalized spacial score (nSPS) is 11.9. The third kappa shape index (κ3) is 9.55. The van der Waals surface area contributed by atoms with E-state index < -0.39 is 0 Å². The molecule has 1 rings (SSSR count). The molecule has 1 aromatic carbocycles. The average molecular weight is 318 g/mol. The number of rotatable bonds is 7. The third-order valence-electron chi connectivity index (χ3n) is 3.02. The summed E-state index contributed by atoms with van der Waals surface area (Å²) < 4.78 is 0. The van der Waals surface area contributed by atoms with Gasteiger partial charge in [-0.15, -0.1) is 0 Å². The highest BCUT2D eigenvalue weighted by Crippen LogP contribution is 2.01. The summed E-state index contributed by atoms with van der Waals surface area (Å²) in [4.78, 5) is 16.1. The quantitative estimate of drug-likeness (QED) is 0.410. The molecule has 5 nitrogen and oxygen atoms in total. The molecule has 0 spiro atoms. The molecular formula is C18H30N4O. The molecule has 0 saturated carbocycles. The molecule has 0 aliphatic rings. The number of aryl methyl sites for hydroxylation is 1. The molecule has 0 aliphatic heterocycles. The predicted octanol–water partition coefficient (Wildman–Crippen LogP) is 2.09. The van der Waals surface area contributed by atoms with Crippen LogP contribution in [0, 0.1) is 0 Å². The summed E-state index contributed by atoms with van der Waals surface area (Å²) in [6.45, 7) is 9.61. The molecule has 1 amide bonds. The number of carbonyl (C=O) groups is 1. The molecule has 3 N–H and O–H groups in total. The van der Waals surface area contributed by atoms with Gasteiger partial charge in [-0.3, -0.25) is 4.79 Å². The lowest BCUT2D eigenvalue weighted by molar-refractivity contribution is -0.121. The van der Waals surface area contributed by atoms with Crippen LogP contribution in [0.5, 0.6) is 0 Å². The SMILES string of the molecule is CCNC(=NCC(=O)NC(C)(C)C)NCCCc1ccccc1. The Bertz CT molecular complexity index is 491. The predicted molar refractivity (Wildman–Crippen MR) is 96.6 cm³/mol. The van der Waals surface area contributed by atoms with Crippen molar-refractivity contribution in [2.75, 3.05) is 19.6 Å². The zero-order chi connectivity index (χ0) is 17.1. The molecule has 0 saturated heterocycles. The first-order valence-electron chi connectivity index (χ1n) is 8.28.